The Morgan fingerprint density at radius 3 is 2.59 bits per heavy atom. The predicted octanol–water partition coefficient (Wildman–Crippen LogP) is 4.26. The van der Waals surface area contributed by atoms with Gasteiger partial charge in [0.2, 0.25) is 5.91 Å². The minimum absolute atomic E-state index is 0.124. The van der Waals surface area contributed by atoms with Crippen LogP contribution in [0.2, 0.25) is 0 Å². The fraction of sp³-hybridized carbons (Fsp3) is 0.280. The monoisotopic (exact) mass is 479 g/mol. The number of nitrogens with zero attached hydrogens (tertiary/aromatic N) is 3. The van der Waals surface area contributed by atoms with E-state index >= 15 is 0 Å². The lowest BCUT2D eigenvalue weighted by Crippen LogP contribution is -2.28. The number of anilines is 1. The Morgan fingerprint density at radius 1 is 1.18 bits per heavy atom. The Labute approximate surface area is 203 Å². The Kier molecular flexibility index (Phi) is 8.86. The van der Waals surface area contributed by atoms with Crippen LogP contribution >= 0.6 is 11.8 Å². The number of rotatable bonds is 11. The Bertz CT molecular complexity index is 1140. The van der Waals surface area contributed by atoms with E-state index < -0.39 is 6.04 Å². The van der Waals surface area contributed by atoms with Crippen molar-refractivity contribution < 1.29 is 14.3 Å². The highest BCUT2D eigenvalue weighted by Gasteiger charge is 2.20. The van der Waals surface area contributed by atoms with Gasteiger partial charge in [0.15, 0.2) is 11.0 Å². The van der Waals surface area contributed by atoms with E-state index in [0.29, 0.717) is 28.8 Å². The van der Waals surface area contributed by atoms with Crippen LogP contribution in [-0.2, 0) is 17.8 Å². The summed E-state index contributed by atoms with van der Waals surface area (Å²) in [6.45, 7) is 8.15. The van der Waals surface area contributed by atoms with Gasteiger partial charge in [-0.2, -0.15) is 0 Å². The van der Waals surface area contributed by atoms with Crippen LogP contribution in [0.1, 0.15) is 41.6 Å². The Morgan fingerprint density at radius 2 is 1.91 bits per heavy atom. The Hall–Kier alpha value is -3.59. The maximum atomic E-state index is 12.7. The van der Waals surface area contributed by atoms with Gasteiger partial charge in [-0.05, 0) is 49.2 Å². The second kappa shape index (κ2) is 12.0. The second-order valence-electron chi connectivity index (χ2n) is 7.51. The topological polar surface area (TPSA) is 98.1 Å². The molecule has 0 bridgehead atoms. The zero-order valence-electron chi connectivity index (χ0n) is 19.6. The van der Waals surface area contributed by atoms with Crippen LogP contribution in [0.3, 0.4) is 0 Å². The summed E-state index contributed by atoms with van der Waals surface area (Å²) in [5, 5.41) is 15.0. The standard InChI is InChI=1S/C25H29N5O3S/c1-5-15-30-23(17(3)26-24(32)19-11-13-20(33-4)14-12-19)28-29-25(30)34-16-22(31)27-21-10-8-7-9-18(21)6-2/h5,7-14,17H,1,6,15-16H2,2-4H3,(H,26,32)(H,27,31)/t17-/m0/s1. The van der Waals surface area contributed by atoms with Gasteiger partial charge in [-0.1, -0.05) is 43.0 Å². The zero-order chi connectivity index (χ0) is 24.5. The van der Waals surface area contributed by atoms with Crippen LogP contribution in [0.4, 0.5) is 5.69 Å². The van der Waals surface area contributed by atoms with Crippen molar-refractivity contribution in [1.82, 2.24) is 20.1 Å². The van der Waals surface area contributed by atoms with E-state index in [1.165, 1.54) is 11.8 Å². The number of aryl methyl sites for hydroxylation is 1. The number of allylic oxidation sites excluding steroid dienone is 1. The van der Waals surface area contributed by atoms with Crippen molar-refractivity contribution in [1.29, 1.82) is 0 Å². The molecule has 3 rings (SSSR count). The molecule has 0 fully saturated rings. The molecule has 2 aromatic carbocycles. The maximum absolute atomic E-state index is 12.7. The summed E-state index contributed by atoms with van der Waals surface area (Å²) in [6, 6.07) is 14.2. The first-order valence-electron chi connectivity index (χ1n) is 11.0. The molecule has 1 aromatic heterocycles. The average molecular weight is 480 g/mol. The largest absolute Gasteiger partial charge is 0.497 e. The number of ether oxygens (including phenoxy) is 1. The van der Waals surface area contributed by atoms with Crippen molar-refractivity contribution in [2.75, 3.05) is 18.2 Å². The highest BCUT2D eigenvalue weighted by atomic mass is 32.2. The number of benzene rings is 2. The van der Waals surface area contributed by atoms with Crippen molar-refractivity contribution in [3.8, 4) is 5.75 Å². The van der Waals surface area contributed by atoms with Gasteiger partial charge in [-0.15, -0.1) is 16.8 Å². The highest BCUT2D eigenvalue weighted by Crippen LogP contribution is 2.22. The van der Waals surface area contributed by atoms with Gasteiger partial charge in [0.1, 0.15) is 5.75 Å². The number of thioether (sulfide) groups is 1. The first-order valence-corrected chi connectivity index (χ1v) is 11.9. The normalized spacial score (nSPS) is 11.5. The highest BCUT2D eigenvalue weighted by molar-refractivity contribution is 7.99. The predicted molar refractivity (Wildman–Crippen MR) is 134 cm³/mol. The number of hydrogen-bond donors (Lipinski definition) is 2. The van der Waals surface area contributed by atoms with Crippen LogP contribution in [0.25, 0.3) is 0 Å². The fourth-order valence-electron chi connectivity index (χ4n) is 3.38. The zero-order valence-corrected chi connectivity index (χ0v) is 20.4. The van der Waals surface area contributed by atoms with E-state index in [4.69, 9.17) is 4.74 Å². The van der Waals surface area contributed by atoms with Gasteiger partial charge in [-0.25, -0.2) is 0 Å². The van der Waals surface area contributed by atoms with Crippen molar-refractivity contribution in [2.45, 2.75) is 38.0 Å². The molecule has 3 aromatic rings. The van der Waals surface area contributed by atoms with E-state index in [1.807, 2.05) is 42.7 Å². The number of carbonyl (C=O) groups excluding carboxylic acids is 2. The molecule has 9 heteroatoms. The number of hydrogen-bond acceptors (Lipinski definition) is 6. The fourth-order valence-corrected chi connectivity index (χ4v) is 4.14. The van der Waals surface area contributed by atoms with E-state index in [2.05, 4.69) is 27.4 Å². The molecule has 1 heterocycles. The van der Waals surface area contributed by atoms with E-state index in [1.54, 1.807) is 37.5 Å². The van der Waals surface area contributed by atoms with Crippen molar-refractivity contribution >= 4 is 29.3 Å². The number of aromatic nitrogens is 3. The molecule has 178 valence electrons. The summed E-state index contributed by atoms with van der Waals surface area (Å²) in [7, 11) is 1.58. The quantitative estimate of drug-likeness (QED) is 0.315. The van der Waals surface area contributed by atoms with Crippen LogP contribution in [0.5, 0.6) is 5.75 Å². The van der Waals surface area contributed by atoms with Crippen molar-refractivity contribution in [3.63, 3.8) is 0 Å². The third-order valence-electron chi connectivity index (χ3n) is 5.15. The minimum atomic E-state index is -0.401. The molecule has 0 saturated carbocycles. The molecule has 0 saturated heterocycles. The summed E-state index contributed by atoms with van der Waals surface area (Å²) < 4.78 is 6.99. The third kappa shape index (κ3) is 6.26. The number of amides is 2. The van der Waals surface area contributed by atoms with E-state index in [9.17, 15) is 9.59 Å². The van der Waals surface area contributed by atoms with Gasteiger partial charge in [0.05, 0.1) is 18.9 Å². The van der Waals surface area contributed by atoms with Crippen LogP contribution in [-0.4, -0.2) is 39.4 Å². The number of para-hydroxylation sites is 1. The molecule has 0 spiro atoms. The molecule has 0 unspecified atom stereocenters. The first kappa shape index (κ1) is 25.0. The summed E-state index contributed by atoms with van der Waals surface area (Å²) >= 11 is 1.29. The van der Waals surface area contributed by atoms with Gasteiger partial charge in [0, 0.05) is 17.8 Å². The van der Waals surface area contributed by atoms with Crippen LogP contribution < -0.4 is 15.4 Å². The molecule has 1 atom stereocenters. The molecular weight excluding hydrogens is 450 g/mol. The summed E-state index contributed by atoms with van der Waals surface area (Å²) in [6.07, 6.45) is 2.56. The van der Waals surface area contributed by atoms with Crippen LogP contribution in [0, 0.1) is 0 Å². The second-order valence-corrected chi connectivity index (χ2v) is 8.45. The molecule has 34 heavy (non-hydrogen) atoms. The molecule has 2 N–H and O–H groups in total. The SMILES string of the molecule is C=CCn1c(SCC(=O)Nc2ccccc2CC)nnc1[C@H](C)NC(=O)c1ccc(OC)cc1. The summed E-state index contributed by atoms with van der Waals surface area (Å²) in [5.41, 5.74) is 2.42. The summed E-state index contributed by atoms with van der Waals surface area (Å²) in [5.74, 6) is 1.09. The van der Waals surface area contributed by atoms with Crippen LogP contribution in [0.15, 0.2) is 66.3 Å². The number of nitrogens with one attached hydrogen (secondary N) is 2. The lowest BCUT2D eigenvalue weighted by Gasteiger charge is -2.15. The first-order chi connectivity index (χ1) is 16.5. The van der Waals surface area contributed by atoms with E-state index in [0.717, 1.165) is 17.7 Å². The Balaban J connectivity index is 1.66. The molecular formula is C25H29N5O3S. The number of methoxy groups -OCH3 is 1. The third-order valence-corrected chi connectivity index (χ3v) is 6.12. The van der Waals surface area contributed by atoms with Gasteiger partial charge in [-0.3, -0.25) is 9.59 Å². The summed E-state index contributed by atoms with van der Waals surface area (Å²) in [4.78, 5) is 25.2. The molecule has 0 aliphatic rings. The van der Waals surface area contributed by atoms with E-state index in [-0.39, 0.29) is 17.6 Å². The average Bonchev–Trinajstić information content (AvgIpc) is 3.26. The molecule has 0 aliphatic carbocycles. The molecule has 0 radical (unpaired) electrons. The smallest absolute Gasteiger partial charge is 0.251 e. The maximum Gasteiger partial charge on any atom is 0.251 e. The minimum Gasteiger partial charge on any atom is -0.497 e. The number of carbonyl (C=O) groups is 2. The van der Waals surface area contributed by atoms with Crippen molar-refractivity contribution in [2.24, 2.45) is 0 Å². The van der Waals surface area contributed by atoms with Gasteiger partial charge >= 0.3 is 0 Å². The molecule has 2 amide bonds. The van der Waals surface area contributed by atoms with Gasteiger partial charge in [0.25, 0.3) is 5.91 Å². The molecule has 0 aliphatic heterocycles. The lowest BCUT2D eigenvalue weighted by atomic mass is 10.1. The molecule has 8 nitrogen and oxygen atoms in total. The lowest BCUT2D eigenvalue weighted by molar-refractivity contribution is -0.113. The van der Waals surface area contributed by atoms with Crippen molar-refractivity contribution in [3.05, 3.63) is 78.1 Å². The van der Waals surface area contributed by atoms with Gasteiger partial charge < -0.3 is 19.9 Å².